The first-order valence-electron chi connectivity index (χ1n) is 7.45. The Bertz CT molecular complexity index is 1140. The van der Waals surface area contributed by atoms with Crippen molar-refractivity contribution in [1.82, 2.24) is 18.2 Å². The Labute approximate surface area is 148 Å². The van der Waals surface area contributed by atoms with Gasteiger partial charge in [0.05, 0.1) is 16.6 Å². The Morgan fingerprint density at radius 3 is 2.50 bits per heavy atom. The second-order valence-electron chi connectivity index (χ2n) is 5.78. The average Bonchev–Trinajstić information content (AvgIpc) is 2.93. The first-order valence-corrected chi connectivity index (χ1v) is 8.85. The van der Waals surface area contributed by atoms with Gasteiger partial charge in [-0.2, -0.15) is 12.7 Å². The average molecular weight is 378 g/mol. The number of carboxylic acid groups (broad SMARTS) is 1. The smallest absolute Gasteiger partial charge is 0.338 e. The van der Waals surface area contributed by atoms with Crippen molar-refractivity contribution in [2.75, 3.05) is 14.1 Å². The number of imidazole rings is 1. The number of benzene rings is 1. The predicted octanol–water partition coefficient (Wildman–Crippen LogP) is 1.90. The minimum atomic E-state index is -4.07. The number of aromatic nitrogens is 3. The molecule has 2 heterocycles. The summed E-state index contributed by atoms with van der Waals surface area (Å²) >= 11 is 0. The van der Waals surface area contributed by atoms with Crippen LogP contribution < -0.4 is 0 Å². The lowest BCUT2D eigenvalue weighted by molar-refractivity contribution is 0.0697. The Hall–Kier alpha value is -2.85. The van der Waals surface area contributed by atoms with Crippen LogP contribution in [0, 0.1) is 12.7 Å². The number of aromatic carboxylic acids is 1. The number of pyridine rings is 1. The van der Waals surface area contributed by atoms with Gasteiger partial charge in [0.2, 0.25) is 0 Å². The molecule has 0 fully saturated rings. The molecule has 0 aliphatic carbocycles. The van der Waals surface area contributed by atoms with Crippen LogP contribution in [0.1, 0.15) is 16.1 Å². The molecule has 0 spiro atoms. The zero-order chi connectivity index (χ0) is 19.2. The summed E-state index contributed by atoms with van der Waals surface area (Å²) in [6.45, 7) is 1.64. The van der Waals surface area contributed by atoms with Gasteiger partial charge in [-0.1, -0.05) is 0 Å². The van der Waals surface area contributed by atoms with Gasteiger partial charge in [-0.3, -0.25) is 0 Å². The molecule has 0 unspecified atom stereocenters. The van der Waals surface area contributed by atoms with Gasteiger partial charge in [0.15, 0.2) is 5.82 Å². The molecule has 8 nitrogen and oxygen atoms in total. The summed E-state index contributed by atoms with van der Waals surface area (Å²) in [5, 5.41) is 9.44. The Balaban J connectivity index is 2.49. The molecule has 0 amide bonds. The highest BCUT2D eigenvalue weighted by atomic mass is 32.2. The monoisotopic (exact) mass is 378 g/mol. The number of hydrogen-bond acceptors (Lipinski definition) is 5. The molecule has 3 aromatic rings. The Kier molecular flexibility index (Phi) is 4.24. The van der Waals surface area contributed by atoms with E-state index in [0.717, 1.165) is 20.4 Å². The first kappa shape index (κ1) is 18.0. The molecule has 0 radical (unpaired) electrons. The van der Waals surface area contributed by atoms with Gasteiger partial charge in [-0.15, -0.1) is 0 Å². The molecule has 26 heavy (non-hydrogen) atoms. The molecule has 136 valence electrons. The maximum atomic E-state index is 13.6. The van der Waals surface area contributed by atoms with Crippen molar-refractivity contribution in [3.05, 3.63) is 47.4 Å². The summed E-state index contributed by atoms with van der Waals surface area (Å²) in [7, 11) is -1.42. The highest BCUT2D eigenvalue weighted by Gasteiger charge is 2.28. The van der Waals surface area contributed by atoms with Crippen LogP contribution in [0.2, 0.25) is 0 Å². The minimum absolute atomic E-state index is 0.0741. The number of hydrogen-bond donors (Lipinski definition) is 1. The van der Waals surface area contributed by atoms with Crippen LogP contribution in [-0.2, 0) is 10.2 Å². The lowest BCUT2D eigenvalue weighted by Crippen LogP contribution is -2.29. The van der Waals surface area contributed by atoms with E-state index < -0.39 is 22.0 Å². The van der Waals surface area contributed by atoms with Crippen LogP contribution in [0.3, 0.4) is 0 Å². The van der Waals surface area contributed by atoms with Crippen LogP contribution in [0.25, 0.3) is 22.6 Å². The second-order valence-corrected chi connectivity index (χ2v) is 7.77. The third-order valence-electron chi connectivity index (χ3n) is 3.74. The molecule has 0 aliphatic heterocycles. The number of rotatable bonds is 4. The molecule has 0 saturated heterocycles. The van der Waals surface area contributed by atoms with Gasteiger partial charge in [-0.25, -0.2) is 23.1 Å². The maximum absolute atomic E-state index is 13.6. The lowest BCUT2D eigenvalue weighted by Gasteiger charge is -2.16. The zero-order valence-corrected chi connectivity index (χ0v) is 15.0. The van der Waals surface area contributed by atoms with E-state index >= 15 is 0 Å². The van der Waals surface area contributed by atoms with Crippen molar-refractivity contribution in [3.8, 4) is 11.5 Å². The molecule has 1 N–H and O–H groups in total. The summed E-state index contributed by atoms with van der Waals surface area (Å²) in [5.74, 6) is -2.06. The lowest BCUT2D eigenvalue weighted by atomic mass is 10.1. The van der Waals surface area contributed by atoms with Gasteiger partial charge in [0.1, 0.15) is 11.5 Å². The largest absolute Gasteiger partial charge is 0.478 e. The van der Waals surface area contributed by atoms with E-state index in [-0.39, 0.29) is 28.1 Å². The van der Waals surface area contributed by atoms with Crippen molar-refractivity contribution >= 4 is 27.2 Å². The molecule has 0 saturated carbocycles. The van der Waals surface area contributed by atoms with E-state index in [4.69, 9.17) is 0 Å². The Morgan fingerprint density at radius 2 is 1.88 bits per heavy atom. The van der Waals surface area contributed by atoms with Gasteiger partial charge in [0, 0.05) is 25.9 Å². The molecule has 0 aliphatic rings. The number of fused-ring (bicyclic) bond motifs is 1. The van der Waals surface area contributed by atoms with Crippen molar-refractivity contribution in [1.29, 1.82) is 0 Å². The van der Waals surface area contributed by atoms with E-state index in [0.29, 0.717) is 5.69 Å². The molecule has 0 bridgehead atoms. The van der Waals surface area contributed by atoms with Crippen LogP contribution in [0.5, 0.6) is 0 Å². The van der Waals surface area contributed by atoms with Crippen molar-refractivity contribution < 1.29 is 22.7 Å². The van der Waals surface area contributed by atoms with Crippen LogP contribution in [0.4, 0.5) is 4.39 Å². The zero-order valence-electron chi connectivity index (χ0n) is 14.1. The quantitative estimate of drug-likeness (QED) is 0.743. The van der Waals surface area contributed by atoms with Crippen molar-refractivity contribution in [3.63, 3.8) is 0 Å². The molecule has 2 aromatic heterocycles. The summed E-state index contributed by atoms with van der Waals surface area (Å²) < 4.78 is 41.1. The number of carboxylic acids is 1. The molecule has 3 rings (SSSR count). The standard InChI is InChI=1S/C16H15FN4O4S/c1-9-4-6-11(16(22)23)14(18-9)15-19-12-8-10(17)5-7-13(12)21(15)26(24,25)20(2)3/h4-8H,1-3H3,(H,22,23). The van der Waals surface area contributed by atoms with Crippen LogP contribution in [-0.4, -0.2) is 51.8 Å². The normalized spacial score (nSPS) is 12.0. The first-order chi connectivity index (χ1) is 12.1. The van der Waals surface area contributed by atoms with Gasteiger partial charge < -0.3 is 5.11 Å². The maximum Gasteiger partial charge on any atom is 0.338 e. The topological polar surface area (TPSA) is 105 Å². The Morgan fingerprint density at radius 1 is 1.19 bits per heavy atom. The molecular weight excluding hydrogens is 363 g/mol. The van der Waals surface area contributed by atoms with Crippen molar-refractivity contribution in [2.24, 2.45) is 0 Å². The summed E-state index contributed by atoms with van der Waals surface area (Å²) in [4.78, 5) is 19.9. The fourth-order valence-corrected chi connectivity index (χ4v) is 3.55. The van der Waals surface area contributed by atoms with E-state index in [1.807, 2.05) is 0 Å². The number of halogens is 1. The van der Waals surface area contributed by atoms with Gasteiger partial charge in [0.25, 0.3) is 0 Å². The highest BCUT2D eigenvalue weighted by molar-refractivity contribution is 7.87. The highest BCUT2D eigenvalue weighted by Crippen LogP contribution is 2.29. The summed E-state index contributed by atoms with van der Waals surface area (Å²) in [5.41, 5.74) is 0.359. The summed E-state index contributed by atoms with van der Waals surface area (Å²) in [6, 6.07) is 6.29. The van der Waals surface area contributed by atoms with E-state index in [1.165, 1.54) is 32.3 Å². The number of nitrogens with zero attached hydrogens (tertiary/aromatic N) is 4. The third-order valence-corrected chi connectivity index (χ3v) is 5.50. The molecule has 1 aromatic carbocycles. The second kappa shape index (κ2) is 6.15. The predicted molar refractivity (Wildman–Crippen MR) is 92.6 cm³/mol. The third kappa shape index (κ3) is 2.82. The number of carbonyl (C=O) groups is 1. The van der Waals surface area contributed by atoms with Gasteiger partial charge in [-0.05, 0) is 31.2 Å². The number of aryl methyl sites for hydroxylation is 1. The minimum Gasteiger partial charge on any atom is -0.478 e. The van der Waals surface area contributed by atoms with Crippen molar-refractivity contribution in [2.45, 2.75) is 6.92 Å². The molecular formula is C16H15FN4O4S. The van der Waals surface area contributed by atoms with E-state index in [2.05, 4.69) is 9.97 Å². The SMILES string of the molecule is Cc1ccc(C(=O)O)c(-c2nc3cc(F)ccc3n2S(=O)(=O)N(C)C)n1. The summed E-state index contributed by atoms with van der Waals surface area (Å²) in [6.07, 6.45) is 0. The van der Waals surface area contributed by atoms with E-state index in [9.17, 15) is 22.7 Å². The molecule has 10 heteroatoms. The van der Waals surface area contributed by atoms with Crippen LogP contribution in [0.15, 0.2) is 30.3 Å². The van der Waals surface area contributed by atoms with Gasteiger partial charge >= 0.3 is 16.2 Å². The van der Waals surface area contributed by atoms with Crippen LogP contribution >= 0.6 is 0 Å². The fraction of sp³-hybridized carbons (Fsp3) is 0.188. The van der Waals surface area contributed by atoms with E-state index in [1.54, 1.807) is 6.92 Å². The fourth-order valence-electron chi connectivity index (χ4n) is 2.48. The molecule has 0 atom stereocenters.